The topological polar surface area (TPSA) is 39.2 Å². The lowest BCUT2D eigenvalue weighted by atomic mass is 10.1. The van der Waals surface area contributed by atoms with Crippen LogP contribution in [-0.4, -0.2) is 18.1 Å². The Morgan fingerprint density at radius 3 is 2.88 bits per heavy atom. The second kappa shape index (κ2) is 4.78. The molecular formula is C12H12BrNO2. The van der Waals surface area contributed by atoms with Gasteiger partial charge in [0.2, 0.25) is 0 Å². The largest absolute Gasteiger partial charge is 0.464 e. The van der Waals surface area contributed by atoms with Crippen molar-refractivity contribution < 1.29 is 9.53 Å². The molecule has 0 bridgehead atoms. The van der Waals surface area contributed by atoms with Gasteiger partial charge in [0.05, 0.1) is 12.8 Å². The summed E-state index contributed by atoms with van der Waals surface area (Å²) in [6.07, 6.45) is 3.21. The number of pyridine rings is 1. The van der Waals surface area contributed by atoms with Crippen molar-refractivity contribution in [2.45, 2.75) is 19.3 Å². The zero-order valence-corrected chi connectivity index (χ0v) is 10.6. The van der Waals surface area contributed by atoms with E-state index in [0.717, 1.165) is 25.0 Å². The quantitative estimate of drug-likeness (QED) is 0.782. The zero-order valence-electron chi connectivity index (χ0n) is 9.00. The number of nitrogens with zero attached hydrogens (tertiary/aromatic N) is 1. The van der Waals surface area contributed by atoms with Crippen molar-refractivity contribution in [1.82, 2.24) is 4.98 Å². The Morgan fingerprint density at radius 2 is 2.25 bits per heavy atom. The Morgan fingerprint density at radius 1 is 1.44 bits per heavy atom. The molecule has 0 spiro atoms. The summed E-state index contributed by atoms with van der Waals surface area (Å²) in [6.45, 7) is 0. The molecule has 0 unspecified atom stereocenters. The summed E-state index contributed by atoms with van der Waals surface area (Å²) in [5.41, 5.74) is 2.43. The summed E-state index contributed by atoms with van der Waals surface area (Å²) in [4.78, 5) is 15.7. The molecule has 1 aromatic rings. The van der Waals surface area contributed by atoms with Gasteiger partial charge in [-0.3, -0.25) is 0 Å². The lowest BCUT2D eigenvalue weighted by molar-refractivity contribution is 0.0594. The number of carbonyl (C=O) groups excluding carboxylic acids is 1. The Bertz CT molecular complexity index is 454. The fourth-order valence-electron chi connectivity index (χ4n) is 1.79. The third-order valence-electron chi connectivity index (χ3n) is 2.60. The van der Waals surface area contributed by atoms with Crippen LogP contribution in [0.3, 0.4) is 0 Å². The highest BCUT2D eigenvalue weighted by atomic mass is 79.9. The number of hydrogen-bond donors (Lipinski definition) is 0. The van der Waals surface area contributed by atoms with Gasteiger partial charge in [0, 0.05) is 4.48 Å². The Hall–Kier alpha value is -1.16. The maximum atomic E-state index is 11.3. The van der Waals surface area contributed by atoms with E-state index in [0.29, 0.717) is 5.69 Å². The number of methoxy groups -OCH3 is 1. The number of allylic oxidation sites excluding steroid dienone is 2. The third kappa shape index (κ3) is 2.16. The first-order chi connectivity index (χ1) is 7.72. The first kappa shape index (κ1) is 11.3. The van der Waals surface area contributed by atoms with Crippen LogP contribution in [0.25, 0.3) is 5.57 Å². The van der Waals surface area contributed by atoms with E-state index in [1.54, 1.807) is 6.07 Å². The molecule has 1 aromatic heterocycles. The normalized spacial score (nSPS) is 15.4. The Kier molecular flexibility index (Phi) is 3.39. The van der Waals surface area contributed by atoms with Gasteiger partial charge in [0.25, 0.3) is 0 Å². The fourth-order valence-corrected chi connectivity index (χ4v) is 2.48. The van der Waals surface area contributed by atoms with Gasteiger partial charge < -0.3 is 4.74 Å². The fraction of sp³-hybridized carbons (Fsp3) is 0.333. The van der Waals surface area contributed by atoms with E-state index in [1.807, 2.05) is 12.1 Å². The van der Waals surface area contributed by atoms with Gasteiger partial charge in [0.15, 0.2) is 0 Å². The summed E-state index contributed by atoms with van der Waals surface area (Å²) < 4.78 is 5.85. The summed E-state index contributed by atoms with van der Waals surface area (Å²) in [6, 6.07) is 5.42. The lowest BCUT2D eigenvalue weighted by Gasteiger charge is -2.04. The van der Waals surface area contributed by atoms with Crippen LogP contribution in [-0.2, 0) is 4.74 Å². The van der Waals surface area contributed by atoms with E-state index in [-0.39, 0.29) is 0 Å². The minimum atomic E-state index is -0.392. The molecule has 0 amide bonds. The molecule has 0 saturated heterocycles. The van der Waals surface area contributed by atoms with Crippen LogP contribution < -0.4 is 0 Å². The first-order valence-electron chi connectivity index (χ1n) is 5.15. The molecule has 16 heavy (non-hydrogen) atoms. The van der Waals surface area contributed by atoms with E-state index in [1.165, 1.54) is 17.2 Å². The molecule has 0 fully saturated rings. The van der Waals surface area contributed by atoms with Crippen molar-refractivity contribution in [3.63, 3.8) is 0 Å². The molecule has 0 atom stereocenters. The number of hydrogen-bond acceptors (Lipinski definition) is 3. The number of esters is 1. The molecule has 84 valence electrons. The summed E-state index contributed by atoms with van der Waals surface area (Å²) in [5, 5.41) is 0. The predicted molar refractivity (Wildman–Crippen MR) is 65.3 cm³/mol. The molecule has 0 aromatic carbocycles. The highest BCUT2D eigenvalue weighted by Crippen LogP contribution is 2.36. The number of ether oxygens (including phenoxy) is 1. The van der Waals surface area contributed by atoms with Crippen LogP contribution in [0.4, 0.5) is 0 Å². The van der Waals surface area contributed by atoms with Crippen molar-refractivity contribution in [1.29, 1.82) is 0 Å². The van der Waals surface area contributed by atoms with Crippen LogP contribution in [0.1, 0.15) is 35.4 Å². The molecule has 0 N–H and O–H groups in total. The van der Waals surface area contributed by atoms with Gasteiger partial charge in [-0.2, -0.15) is 0 Å². The van der Waals surface area contributed by atoms with Crippen molar-refractivity contribution >= 4 is 27.5 Å². The van der Waals surface area contributed by atoms with Crippen LogP contribution in [0.5, 0.6) is 0 Å². The molecule has 0 saturated carbocycles. The van der Waals surface area contributed by atoms with E-state index < -0.39 is 5.97 Å². The molecule has 4 heteroatoms. The first-order valence-corrected chi connectivity index (χ1v) is 5.95. The highest BCUT2D eigenvalue weighted by molar-refractivity contribution is 9.11. The Balaban J connectivity index is 2.36. The van der Waals surface area contributed by atoms with Gasteiger partial charge in [-0.15, -0.1) is 0 Å². The van der Waals surface area contributed by atoms with Crippen molar-refractivity contribution in [3.05, 3.63) is 34.1 Å². The van der Waals surface area contributed by atoms with Crippen LogP contribution in [0.15, 0.2) is 22.7 Å². The number of halogens is 1. The maximum absolute atomic E-state index is 11.3. The molecule has 0 radical (unpaired) electrons. The average molecular weight is 282 g/mol. The zero-order chi connectivity index (χ0) is 11.5. The van der Waals surface area contributed by atoms with Crippen LogP contribution in [0.2, 0.25) is 0 Å². The molecule has 0 aliphatic heterocycles. The second-order valence-corrected chi connectivity index (χ2v) is 4.59. The molecule has 1 aliphatic rings. The van der Waals surface area contributed by atoms with Gasteiger partial charge in [-0.25, -0.2) is 9.78 Å². The maximum Gasteiger partial charge on any atom is 0.356 e. The van der Waals surface area contributed by atoms with Crippen molar-refractivity contribution in [2.75, 3.05) is 7.11 Å². The monoisotopic (exact) mass is 281 g/mol. The third-order valence-corrected chi connectivity index (χ3v) is 3.48. The predicted octanol–water partition coefficient (Wildman–Crippen LogP) is 3.16. The number of aromatic nitrogens is 1. The van der Waals surface area contributed by atoms with Gasteiger partial charge in [-0.05, 0) is 37.0 Å². The number of rotatable bonds is 2. The van der Waals surface area contributed by atoms with Crippen molar-refractivity contribution in [3.8, 4) is 0 Å². The van der Waals surface area contributed by atoms with E-state index in [9.17, 15) is 4.79 Å². The van der Waals surface area contributed by atoms with Gasteiger partial charge in [-0.1, -0.05) is 22.0 Å². The van der Waals surface area contributed by atoms with E-state index >= 15 is 0 Å². The number of carbonyl (C=O) groups is 1. The second-order valence-electron chi connectivity index (χ2n) is 3.64. The molecule has 1 heterocycles. The summed E-state index contributed by atoms with van der Waals surface area (Å²) in [5.74, 6) is -0.392. The summed E-state index contributed by atoms with van der Waals surface area (Å²) >= 11 is 3.54. The molecule has 1 aliphatic carbocycles. The molecule has 3 nitrogen and oxygen atoms in total. The molecular weight excluding hydrogens is 270 g/mol. The van der Waals surface area contributed by atoms with E-state index in [4.69, 9.17) is 0 Å². The van der Waals surface area contributed by atoms with Crippen LogP contribution >= 0.6 is 15.9 Å². The van der Waals surface area contributed by atoms with Gasteiger partial charge in [0.1, 0.15) is 5.69 Å². The van der Waals surface area contributed by atoms with Gasteiger partial charge >= 0.3 is 5.97 Å². The minimum Gasteiger partial charge on any atom is -0.464 e. The van der Waals surface area contributed by atoms with E-state index in [2.05, 4.69) is 25.7 Å². The summed E-state index contributed by atoms with van der Waals surface area (Å²) in [7, 11) is 1.36. The van der Waals surface area contributed by atoms with Crippen LogP contribution in [0, 0.1) is 0 Å². The average Bonchev–Trinajstić information content (AvgIpc) is 2.74. The standard InChI is InChI=1S/C12H12BrNO2/c1-16-12(15)11-7-3-6-10(14-11)8-4-2-5-9(8)13/h3,6-7H,2,4-5H2,1H3. The SMILES string of the molecule is COC(=O)c1cccc(C2=C(Br)CCC2)n1. The van der Waals surface area contributed by atoms with Crippen molar-refractivity contribution in [2.24, 2.45) is 0 Å². The molecule has 2 rings (SSSR count). The smallest absolute Gasteiger partial charge is 0.356 e. The lowest BCUT2D eigenvalue weighted by Crippen LogP contribution is -2.05. The highest BCUT2D eigenvalue weighted by Gasteiger charge is 2.16. The Labute approximate surface area is 103 Å². The minimum absolute atomic E-state index is 0.361.